The van der Waals surface area contributed by atoms with Crippen LogP contribution in [0, 0.1) is 0 Å². The predicted molar refractivity (Wildman–Crippen MR) is 88.8 cm³/mol. The Bertz CT molecular complexity index is 752. The van der Waals surface area contributed by atoms with Gasteiger partial charge in [0.15, 0.2) is 12.3 Å². The summed E-state index contributed by atoms with van der Waals surface area (Å²) in [5.74, 6) is -1.03. The van der Waals surface area contributed by atoms with E-state index in [0.29, 0.717) is 30.3 Å². The lowest BCUT2D eigenvalue weighted by molar-refractivity contribution is -0.139. The maximum absolute atomic E-state index is 12.3. The summed E-state index contributed by atoms with van der Waals surface area (Å²) < 4.78 is 12.2. The fourth-order valence-electron chi connectivity index (χ4n) is 2.62. The number of amides is 1. The van der Waals surface area contributed by atoms with Crippen molar-refractivity contribution in [2.24, 2.45) is 0 Å². The molecule has 132 valence electrons. The first-order chi connectivity index (χ1) is 12.1. The van der Waals surface area contributed by atoms with Crippen molar-refractivity contribution in [1.29, 1.82) is 0 Å². The van der Waals surface area contributed by atoms with Crippen LogP contribution in [0.15, 0.2) is 36.5 Å². The van der Waals surface area contributed by atoms with Gasteiger partial charge < -0.3 is 19.9 Å². The second-order valence-corrected chi connectivity index (χ2v) is 5.69. The van der Waals surface area contributed by atoms with Gasteiger partial charge in [0.05, 0.1) is 6.04 Å². The molecule has 8 heteroatoms. The van der Waals surface area contributed by atoms with Gasteiger partial charge in [0.25, 0.3) is 5.91 Å². The lowest BCUT2D eigenvalue weighted by atomic mass is 10.1. The highest BCUT2D eigenvalue weighted by Crippen LogP contribution is 2.21. The van der Waals surface area contributed by atoms with E-state index in [9.17, 15) is 9.59 Å². The van der Waals surface area contributed by atoms with Crippen LogP contribution in [0.2, 0.25) is 0 Å². The molecule has 2 N–H and O–H groups in total. The summed E-state index contributed by atoms with van der Waals surface area (Å²) in [7, 11) is 0. The van der Waals surface area contributed by atoms with Crippen molar-refractivity contribution >= 4 is 17.6 Å². The van der Waals surface area contributed by atoms with Crippen LogP contribution in [0.3, 0.4) is 0 Å². The highest BCUT2D eigenvalue weighted by atomic mass is 16.5. The molecule has 25 heavy (non-hydrogen) atoms. The largest absolute Gasteiger partial charge is 0.482 e. The van der Waals surface area contributed by atoms with E-state index in [2.05, 4.69) is 10.4 Å². The molecule has 1 fully saturated rings. The third-order valence-corrected chi connectivity index (χ3v) is 3.86. The number of rotatable bonds is 6. The lowest BCUT2D eigenvalue weighted by Gasteiger charge is -2.22. The van der Waals surface area contributed by atoms with Crippen molar-refractivity contribution in [3.63, 3.8) is 0 Å². The number of hydrogen-bond acceptors (Lipinski definition) is 5. The summed E-state index contributed by atoms with van der Waals surface area (Å²) >= 11 is 0. The SMILES string of the molecule is O=C(O)COc1cccc(NC(=O)c2ccn(C3CCOCC3)n2)c1. The third-order valence-electron chi connectivity index (χ3n) is 3.86. The number of ether oxygens (including phenoxy) is 2. The molecule has 0 spiro atoms. The Kier molecular flexibility index (Phi) is 5.30. The van der Waals surface area contributed by atoms with Crippen molar-refractivity contribution in [3.8, 4) is 5.75 Å². The van der Waals surface area contributed by atoms with Gasteiger partial charge in [0.2, 0.25) is 0 Å². The normalized spacial score (nSPS) is 14.9. The van der Waals surface area contributed by atoms with E-state index in [4.69, 9.17) is 14.6 Å². The van der Waals surface area contributed by atoms with Gasteiger partial charge in [-0.2, -0.15) is 5.10 Å². The van der Waals surface area contributed by atoms with E-state index in [1.54, 1.807) is 36.5 Å². The van der Waals surface area contributed by atoms with Crippen LogP contribution in [0.1, 0.15) is 29.4 Å². The molecule has 8 nitrogen and oxygen atoms in total. The molecule has 0 atom stereocenters. The van der Waals surface area contributed by atoms with E-state index >= 15 is 0 Å². The Morgan fingerprint density at radius 1 is 1.32 bits per heavy atom. The molecular weight excluding hydrogens is 326 g/mol. The summed E-state index contributed by atoms with van der Waals surface area (Å²) in [5.41, 5.74) is 0.830. The monoisotopic (exact) mass is 345 g/mol. The quantitative estimate of drug-likeness (QED) is 0.829. The Labute approximate surface area is 144 Å². The molecule has 1 amide bonds. The summed E-state index contributed by atoms with van der Waals surface area (Å²) in [6, 6.07) is 8.49. The number of aliphatic carboxylic acids is 1. The minimum atomic E-state index is -1.06. The summed E-state index contributed by atoms with van der Waals surface area (Å²) in [6.45, 7) is 0.970. The lowest BCUT2D eigenvalue weighted by Crippen LogP contribution is -2.21. The van der Waals surface area contributed by atoms with Gasteiger partial charge in [0.1, 0.15) is 5.75 Å². The molecular formula is C17H19N3O5. The summed E-state index contributed by atoms with van der Waals surface area (Å²) in [5, 5.41) is 15.7. The van der Waals surface area contributed by atoms with Gasteiger partial charge in [-0.05, 0) is 31.0 Å². The highest BCUT2D eigenvalue weighted by molar-refractivity contribution is 6.02. The Morgan fingerprint density at radius 2 is 2.12 bits per heavy atom. The molecule has 1 saturated heterocycles. The number of carbonyl (C=O) groups excluding carboxylic acids is 1. The number of hydrogen-bond donors (Lipinski definition) is 2. The van der Waals surface area contributed by atoms with Crippen LogP contribution in [0.4, 0.5) is 5.69 Å². The molecule has 2 heterocycles. The van der Waals surface area contributed by atoms with Crippen LogP contribution < -0.4 is 10.1 Å². The van der Waals surface area contributed by atoms with E-state index in [0.717, 1.165) is 12.8 Å². The zero-order valence-corrected chi connectivity index (χ0v) is 13.6. The Morgan fingerprint density at radius 3 is 2.88 bits per heavy atom. The minimum absolute atomic E-state index is 0.253. The van der Waals surface area contributed by atoms with Gasteiger partial charge in [0, 0.05) is 31.2 Å². The van der Waals surface area contributed by atoms with Crippen molar-refractivity contribution in [2.75, 3.05) is 25.1 Å². The first-order valence-electron chi connectivity index (χ1n) is 8.01. The number of carbonyl (C=O) groups is 2. The molecule has 0 bridgehead atoms. The average molecular weight is 345 g/mol. The number of carboxylic acids is 1. The molecule has 1 aromatic heterocycles. The predicted octanol–water partition coefficient (Wildman–Crippen LogP) is 1.95. The number of nitrogens with one attached hydrogen (secondary N) is 1. The second-order valence-electron chi connectivity index (χ2n) is 5.69. The molecule has 1 aliphatic heterocycles. The highest BCUT2D eigenvalue weighted by Gasteiger charge is 2.18. The van der Waals surface area contributed by atoms with Crippen molar-refractivity contribution in [3.05, 3.63) is 42.2 Å². The van der Waals surface area contributed by atoms with Crippen LogP contribution in [-0.4, -0.2) is 46.6 Å². The van der Waals surface area contributed by atoms with E-state index < -0.39 is 12.6 Å². The van der Waals surface area contributed by atoms with E-state index in [1.165, 1.54) is 0 Å². The first-order valence-corrected chi connectivity index (χ1v) is 8.01. The molecule has 1 aliphatic rings. The topological polar surface area (TPSA) is 103 Å². The number of benzene rings is 1. The number of aromatic nitrogens is 2. The van der Waals surface area contributed by atoms with Gasteiger partial charge in [-0.1, -0.05) is 6.07 Å². The Balaban J connectivity index is 1.63. The summed E-state index contributed by atoms with van der Waals surface area (Å²) in [6.07, 6.45) is 3.56. The second kappa shape index (κ2) is 7.80. The van der Waals surface area contributed by atoms with Crippen molar-refractivity contribution < 1.29 is 24.2 Å². The zero-order chi connectivity index (χ0) is 17.6. The van der Waals surface area contributed by atoms with Crippen LogP contribution in [0.25, 0.3) is 0 Å². The van der Waals surface area contributed by atoms with Crippen molar-refractivity contribution in [2.45, 2.75) is 18.9 Å². The van der Waals surface area contributed by atoms with Gasteiger partial charge in [-0.3, -0.25) is 9.48 Å². The maximum Gasteiger partial charge on any atom is 0.341 e. The van der Waals surface area contributed by atoms with Crippen LogP contribution >= 0.6 is 0 Å². The van der Waals surface area contributed by atoms with Gasteiger partial charge in [-0.15, -0.1) is 0 Å². The fraction of sp³-hybridized carbons (Fsp3) is 0.353. The van der Waals surface area contributed by atoms with Gasteiger partial charge in [-0.25, -0.2) is 4.79 Å². The Hall–Kier alpha value is -2.87. The van der Waals surface area contributed by atoms with E-state index in [-0.39, 0.29) is 11.9 Å². The van der Waals surface area contributed by atoms with Crippen LogP contribution in [0.5, 0.6) is 5.75 Å². The van der Waals surface area contributed by atoms with E-state index in [1.807, 2.05) is 4.68 Å². The number of nitrogens with zero attached hydrogens (tertiary/aromatic N) is 2. The zero-order valence-electron chi connectivity index (χ0n) is 13.6. The minimum Gasteiger partial charge on any atom is -0.482 e. The molecule has 1 aromatic carbocycles. The first kappa shape index (κ1) is 17.0. The van der Waals surface area contributed by atoms with Crippen molar-refractivity contribution in [1.82, 2.24) is 9.78 Å². The van der Waals surface area contributed by atoms with Crippen LogP contribution in [-0.2, 0) is 9.53 Å². The third kappa shape index (κ3) is 4.57. The smallest absolute Gasteiger partial charge is 0.341 e. The molecule has 3 rings (SSSR count). The fourth-order valence-corrected chi connectivity index (χ4v) is 2.62. The molecule has 2 aromatic rings. The number of anilines is 1. The average Bonchev–Trinajstić information content (AvgIpc) is 3.11. The molecule has 0 aliphatic carbocycles. The standard InChI is InChI=1S/C17H19N3O5/c21-16(22)11-25-14-3-1-2-12(10-14)18-17(23)15-4-7-20(19-15)13-5-8-24-9-6-13/h1-4,7,10,13H,5-6,8-9,11H2,(H,18,23)(H,21,22). The number of carboxylic acid groups (broad SMARTS) is 1. The molecule has 0 unspecified atom stereocenters. The molecule has 0 saturated carbocycles. The molecule has 0 radical (unpaired) electrons. The van der Waals surface area contributed by atoms with Gasteiger partial charge >= 0.3 is 5.97 Å². The summed E-state index contributed by atoms with van der Waals surface area (Å²) in [4.78, 5) is 22.9. The maximum atomic E-state index is 12.3.